The molecule has 0 bridgehead atoms. The van der Waals surface area contributed by atoms with Crippen LogP contribution in [0.5, 0.6) is 0 Å². The maximum atomic E-state index is 6.12. The van der Waals surface area contributed by atoms with Crippen molar-refractivity contribution in [3.63, 3.8) is 0 Å². The maximum Gasteiger partial charge on any atom is 0.0724 e. The summed E-state index contributed by atoms with van der Waals surface area (Å²) in [5.74, 6) is 0. The minimum absolute atomic E-state index is 0.0647. The van der Waals surface area contributed by atoms with Crippen molar-refractivity contribution in [2.24, 2.45) is 0 Å². The third-order valence-electron chi connectivity index (χ3n) is 2.41. The number of alkyl halides is 1. The molecular formula is C12H13ClN2O. The Kier molecular flexibility index (Phi) is 3.70. The fourth-order valence-electron chi connectivity index (χ4n) is 1.69. The number of halogens is 1. The molecular weight excluding hydrogens is 224 g/mol. The van der Waals surface area contributed by atoms with Gasteiger partial charge in [0.15, 0.2) is 0 Å². The fraction of sp³-hybridized carbons (Fsp3) is 0.333. The van der Waals surface area contributed by atoms with E-state index >= 15 is 0 Å². The maximum absolute atomic E-state index is 6.12. The van der Waals surface area contributed by atoms with Crippen LogP contribution in [-0.4, -0.2) is 29.3 Å². The van der Waals surface area contributed by atoms with Crippen LogP contribution in [0.25, 0.3) is 10.8 Å². The summed E-state index contributed by atoms with van der Waals surface area (Å²) in [6, 6.07) is 8.04. The van der Waals surface area contributed by atoms with E-state index in [9.17, 15) is 0 Å². The lowest BCUT2D eigenvalue weighted by Crippen LogP contribution is -2.12. The van der Waals surface area contributed by atoms with Gasteiger partial charge in [0.05, 0.1) is 23.9 Å². The van der Waals surface area contributed by atoms with Gasteiger partial charge < -0.3 is 4.74 Å². The van der Waals surface area contributed by atoms with Crippen molar-refractivity contribution >= 4 is 22.4 Å². The lowest BCUT2D eigenvalue weighted by Gasteiger charge is -2.08. The predicted molar refractivity (Wildman–Crippen MR) is 64.8 cm³/mol. The van der Waals surface area contributed by atoms with Crippen LogP contribution in [0.1, 0.15) is 5.69 Å². The monoisotopic (exact) mass is 236 g/mol. The van der Waals surface area contributed by atoms with Gasteiger partial charge in [0.2, 0.25) is 0 Å². The van der Waals surface area contributed by atoms with Gasteiger partial charge in [0.1, 0.15) is 0 Å². The molecule has 3 nitrogen and oxygen atoms in total. The first-order valence-corrected chi connectivity index (χ1v) is 5.57. The Morgan fingerprint density at radius 2 is 2.19 bits per heavy atom. The van der Waals surface area contributed by atoms with E-state index < -0.39 is 0 Å². The minimum atomic E-state index is -0.0647. The summed E-state index contributed by atoms with van der Waals surface area (Å²) >= 11 is 6.12. The van der Waals surface area contributed by atoms with Gasteiger partial charge in [-0.15, -0.1) is 11.6 Å². The molecule has 1 aromatic carbocycles. The molecule has 0 aliphatic heterocycles. The number of hydrogen-bond acceptors (Lipinski definition) is 3. The van der Waals surface area contributed by atoms with E-state index in [0.29, 0.717) is 13.0 Å². The minimum Gasteiger partial charge on any atom is -0.383 e. The summed E-state index contributed by atoms with van der Waals surface area (Å²) in [6.45, 7) is 0.520. The smallest absolute Gasteiger partial charge is 0.0724 e. The highest BCUT2D eigenvalue weighted by molar-refractivity contribution is 6.20. The SMILES string of the molecule is COCC(Cl)Cc1nncc2ccccc12. The highest BCUT2D eigenvalue weighted by atomic mass is 35.5. The van der Waals surface area contributed by atoms with Crippen LogP contribution >= 0.6 is 11.6 Å². The fourth-order valence-corrected chi connectivity index (χ4v) is 1.96. The largest absolute Gasteiger partial charge is 0.383 e. The molecule has 0 radical (unpaired) electrons. The Hall–Kier alpha value is -1.19. The zero-order valence-electron chi connectivity index (χ0n) is 9.06. The lowest BCUT2D eigenvalue weighted by atomic mass is 10.1. The van der Waals surface area contributed by atoms with Crippen LogP contribution in [0.2, 0.25) is 0 Å². The van der Waals surface area contributed by atoms with Crippen molar-refractivity contribution in [2.75, 3.05) is 13.7 Å². The van der Waals surface area contributed by atoms with Gasteiger partial charge in [0.25, 0.3) is 0 Å². The standard InChI is InChI=1S/C12H13ClN2O/c1-16-8-10(13)6-12-11-5-3-2-4-9(11)7-14-15-12/h2-5,7,10H,6,8H2,1H3. The number of aromatic nitrogens is 2. The van der Waals surface area contributed by atoms with Gasteiger partial charge in [-0.2, -0.15) is 10.2 Å². The first-order valence-electron chi connectivity index (χ1n) is 5.13. The molecule has 0 amide bonds. The molecule has 16 heavy (non-hydrogen) atoms. The molecule has 0 fully saturated rings. The van der Waals surface area contributed by atoms with Gasteiger partial charge >= 0.3 is 0 Å². The summed E-state index contributed by atoms with van der Waals surface area (Å²) in [4.78, 5) is 0. The van der Waals surface area contributed by atoms with E-state index in [1.54, 1.807) is 13.3 Å². The number of nitrogens with zero attached hydrogens (tertiary/aromatic N) is 2. The Labute approximate surface area is 99.4 Å². The summed E-state index contributed by atoms with van der Waals surface area (Å²) < 4.78 is 5.01. The molecule has 0 aliphatic carbocycles. The average Bonchev–Trinajstić information content (AvgIpc) is 2.30. The molecule has 0 aliphatic rings. The zero-order chi connectivity index (χ0) is 11.4. The predicted octanol–water partition coefficient (Wildman–Crippen LogP) is 2.43. The summed E-state index contributed by atoms with van der Waals surface area (Å²) in [7, 11) is 1.64. The number of ether oxygens (including phenoxy) is 1. The molecule has 2 rings (SSSR count). The summed E-state index contributed by atoms with van der Waals surface area (Å²) in [6.07, 6.45) is 2.43. The number of fused-ring (bicyclic) bond motifs is 1. The van der Waals surface area contributed by atoms with Crippen LogP contribution in [0.3, 0.4) is 0 Å². The van der Waals surface area contributed by atoms with Crippen molar-refractivity contribution in [2.45, 2.75) is 11.8 Å². The van der Waals surface area contributed by atoms with Gasteiger partial charge in [0, 0.05) is 24.3 Å². The molecule has 1 atom stereocenters. The molecule has 1 heterocycles. The summed E-state index contributed by atoms with van der Waals surface area (Å²) in [5.41, 5.74) is 0.926. The van der Waals surface area contributed by atoms with E-state index in [1.807, 2.05) is 24.3 Å². The number of methoxy groups -OCH3 is 1. The molecule has 0 spiro atoms. The van der Waals surface area contributed by atoms with Crippen molar-refractivity contribution in [3.05, 3.63) is 36.2 Å². The van der Waals surface area contributed by atoms with E-state index in [1.165, 1.54) is 0 Å². The van der Waals surface area contributed by atoms with E-state index in [0.717, 1.165) is 16.5 Å². The van der Waals surface area contributed by atoms with Crippen molar-refractivity contribution in [1.82, 2.24) is 10.2 Å². The highest BCUT2D eigenvalue weighted by Gasteiger charge is 2.09. The Morgan fingerprint density at radius 1 is 1.38 bits per heavy atom. The molecule has 2 aromatic rings. The average molecular weight is 237 g/mol. The first-order chi connectivity index (χ1) is 7.81. The van der Waals surface area contributed by atoms with E-state index in [2.05, 4.69) is 10.2 Å². The number of rotatable bonds is 4. The van der Waals surface area contributed by atoms with Gasteiger partial charge in [-0.3, -0.25) is 0 Å². The van der Waals surface area contributed by atoms with Crippen LogP contribution in [-0.2, 0) is 11.2 Å². The van der Waals surface area contributed by atoms with Crippen LogP contribution < -0.4 is 0 Å². The lowest BCUT2D eigenvalue weighted by molar-refractivity contribution is 0.197. The Morgan fingerprint density at radius 3 is 3.00 bits per heavy atom. The molecule has 0 saturated heterocycles. The topological polar surface area (TPSA) is 35.0 Å². The Bertz CT molecular complexity index is 470. The van der Waals surface area contributed by atoms with Crippen molar-refractivity contribution in [1.29, 1.82) is 0 Å². The van der Waals surface area contributed by atoms with Crippen molar-refractivity contribution in [3.8, 4) is 0 Å². The molecule has 84 valence electrons. The zero-order valence-corrected chi connectivity index (χ0v) is 9.81. The van der Waals surface area contributed by atoms with Crippen LogP contribution in [0.15, 0.2) is 30.5 Å². The van der Waals surface area contributed by atoms with Crippen LogP contribution in [0, 0.1) is 0 Å². The van der Waals surface area contributed by atoms with Crippen molar-refractivity contribution < 1.29 is 4.74 Å². The van der Waals surface area contributed by atoms with Crippen LogP contribution in [0.4, 0.5) is 0 Å². The first kappa shape index (κ1) is 11.3. The second-order valence-corrected chi connectivity index (χ2v) is 4.25. The third kappa shape index (κ3) is 2.49. The highest BCUT2D eigenvalue weighted by Crippen LogP contribution is 2.17. The van der Waals surface area contributed by atoms with Gasteiger partial charge in [-0.1, -0.05) is 24.3 Å². The second kappa shape index (κ2) is 5.23. The number of benzene rings is 1. The molecule has 0 N–H and O–H groups in total. The van der Waals surface area contributed by atoms with Gasteiger partial charge in [-0.05, 0) is 0 Å². The van der Waals surface area contributed by atoms with Gasteiger partial charge in [-0.25, -0.2) is 0 Å². The number of hydrogen-bond donors (Lipinski definition) is 0. The molecule has 1 aromatic heterocycles. The normalized spacial score (nSPS) is 12.9. The molecule has 4 heteroatoms. The third-order valence-corrected chi connectivity index (χ3v) is 2.69. The summed E-state index contributed by atoms with van der Waals surface area (Å²) in [5, 5.41) is 10.3. The molecule has 1 unspecified atom stereocenters. The second-order valence-electron chi connectivity index (χ2n) is 3.64. The van der Waals surface area contributed by atoms with E-state index in [-0.39, 0.29) is 5.38 Å². The van der Waals surface area contributed by atoms with E-state index in [4.69, 9.17) is 16.3 Å². The Balaban J connectivity index is 2.30. The quantitative estimate of drug-likeness (QED) is 0.765. The molecule has 0 saturated carbocycles.